The molecular formula is C17H19N3S. The molecule has 4 heteroatoms. The minimum atomic E-state index is 0.557. The van der Waals surface area contributed by atoms with Crippen LogP contribution in [0.5, 0.6) is 0 Å². The molecule has 0 aliphatic carbocycles. The Kier molecular flexibility index (Phi) is 4.66. The van der Waals surface area contributed by atoms with Gasteiger partial charge in [-0.1, -0.05) is 30.3 Å². The van der Waals surface area contributed by atoms with Crippen LogP contribution in [0.3, 0.4) is 0 Å². The van der Waals surface area contributed by atoms with E-state index in [9.17, 15) is 0 Å². The Morgan fingerprint density at radius 2 is 2.10 bits per heavy atom. The lowest BCUT2D eigenvalue weighted by Crippen LogP contribution is -2.31. The summed E-state index contributed by atoms with van der Waals surface area (Å²) >= 11 is 1.58. The van der Waals surface area contributed by atoms with Gasteiger partial charge >= 0.3 is 0 Å². The zero-order chi connectivity index (χ0) is 14.5. The molecule has 1 saturated heterocycles. The summed E-state index contributed by atoms with van der Waals surface area (Å²) in [6, 6.07) is 17.3. The Morgan fingerprint density at radius 3 is 2.86 bits per heavy atom. The summed E-state index contributed by atoms with van der Waals surface area (Å²) in [7, 11) is 0. The van der Waals surface area contributed by atoms with Gasteiger partial charge in [-0.2, -0.15) is 5.26 Å². The van der Waals surface area contributed by atoms with E-state index in [1.807, 2.05) is 12.1 Å². The summed E-state index contributed by atoms with van der Waals surface area (Å²) in [4.78, 5) is 4.54. The molecular weight excluding hydrogens is 278 g/mol. The van der Waals surface area contributed by atoms with Gasteiger partial charge in [0.2, 0.25) is 0 Å². The van der Waals surface area contributed by atoms with E-state index >= 15 is 0 Å². The van der Waals surface area contributed by atoms with Crippen molar-refractivity contribution < 1.29 is 0 Å². The van der Waals surface area contributed by atoms with Crippen LogP contribution >= 0.6 is 11.3 Å². The van der Waals surface area contributed by atoms with Gasteiger partial charge in [0.15, 0.2) is 0 Å². The number of thiophene rings is 1. The SMILES string of the molecule is N#Cc1ccc(CNC2CCN(Cc3ccccc3)C2)s1. The molecule has 3 nitrogen and oxygen atoms in total. The highest BCUT2D eigenvalue weighted by Crippen LogP contribution is 2.17. The molecule has 1 atom stereocenters. The topological polar surface area (TPSA) is 39.1 Å². The standard InChI is InChI=1S/C17H19N3S/c18-10-16-6-7-17(21-16)11-19-15-8-9-20(13-15)12-14-4-2-1-3-5-14/h1-7,15,19H,8-9,11-13H2. The van der Waals surface area contributed by atoms with Crippen molar-refractivity contribution in [3.63, 3.8) is 0 Å². The van der Waals surface area contributed by atoms with Crippen molar-refractivity contribution in [2.45, 2.75) is 25.6 Å². The molecule has 1 aliphatic rings. The van der Waals surface area contributed by atoms with Crippen LogP contribution < -0.4 is 5.32 Å². The number of hydrogen-bond acceptors (Lipinski definition) is 4. The van der Waals surface area contributed by atoms with Crippen molar-refractivity contribution in [1.82, 2.24) is 10.2 Å². The minimum absolute atomic E-state index is 0.557. The van der Waals surface area contributed by atoms with E-state index in [1.165, 1.54) is 16.9 Å². The van der Waals surface area contributed by atoms with Crippen LogP contribution in [-0.2, 0) is 13.1 Å². The fraction of sp³-hybridized carbons (Fsp3) is 0.353. The van der Waals surface area contributed by atoms with Gasteiger partial charge in [-0.3, -0.25) is 4.90 Å². The Balaban J connectivity index is 1.45. The monoisotopic (exact) mass is 297 g/mol. The fourth-order valence-corrected chi connectivity index (χ4v) is 3.52. The van der Waals surface area contributed by atoms with E-state index < -0.39 is 0 Å². The van der Waals surface area contributed by atoms with Crippen molar-refractivity contribution >= 4 is 11.3 Å². The number of rotatable bonds is 5. The van der Waals surface area contributed by atoms with Crippen molar-refractivity contribution in [2.75, 3.05) is 13.1 Å². The third kappa shape index (κ3) is 3.92. The van der Waals surface area contributed by atoms with Crippen LogP contribution in [0.15, 0.2) is 42.5 Å². The van der Waals surface area contributed by atoms with Crippen molar-refractivity contribution in [2.24, 2.45) is 0 Å². The lowest BCUT2D eigenvalue weighted by Gasteiger charge is -2.16. The first-order valence-electron chi connectivity index (χ1n) is 7.32. The normalized spacial score (nSPS) is 18.7. The summed E-state index contributed by atoms with van der Waals surface area (Å²) in [5.74, 6) is 0. The zero-order valence-electron chi connectivity index (χ0n) is 12.0. The Morgan fingerprint density at radius 1 is 1.24 bits per heavy atom. The van der Waals surface area contributed by atoms with E-state index in [0.717, 1.165) is 31.1 Å². The van der Waals surface area contributed by atoms with Gasteiger partial charge in [0.1, 0.15) is 10.9 Å². The maximum absolute atomic E-state index is 8.84. The number of benzene rings is 1. The maximum Gasteiger partial charge on any atom is 0.110 e. The van der Waals surface area contributed by atoms with Crippen LogP contribution in [0.1, 0.15) is 21.7 Å². The first kappa shape index (κ1) is 14.3. The highest BCUT2D eigenvalue weighted by molar-refractivity contribution is 7.12. The largest absolute Gasteiger partial charge is 0.308 e. The van der Waals surface area contributed by atoms with Crippen molar-refractivity contribution in [3.8, 4) is 6.07 Å². The van der Waals surface area contributed by atoms with Crippen LogP contribution in [-0.4, -0.2) is 24.0 Å². The maximum atomic E-state index is 8.84. The van der Waals surface area contributed by atoms with Crippen LogP contribution in [0.25, 0.3) is 0 Å². The predicted octanol–water partition coefficient (Wildman–Crippen LogP) is 2.98. The number of hydrogen-bond donors (Lipinski definition) is 1. The summed E-state index contributed by atoms with van der Waals surface area (Å²) in [5.41, 5.74) is 1.38. The van der Waals surface area contributed by atoms with E-state index in [0.29, 0.717) is 6.04 Å². The van der Waals surface area contributed by atoms with E-state index in [-0.39, 0.29) is 0 Å². The lowest BCUT2D eigenvalue weighted by molar-refractivity contribution is 0.320. The molecule has 108 valence electrons. The van der Waals surface area contributed by atoms with Crippen LogP contribution in [0, 0.1) is 11.3 Å². The second-order valence-electron chi connectivity index (χ2n) is 5.46. The molecule has 0 radical (unpaired) electrons. The van der Waals surface area contributed by atoms with Gasteiger partial charge in [-0.25, -0.2) is 0 Å². The van der Waals surface area contributed by atoms with Gasteiger partial charge in [0.05, 0.1) is 0 Å². The average Bonchev–Trinajstić information content (AvgIpc) is 3.15. The Labute approximate surface area is 129 Å². The quantitative estimate of drug-likeness (QED) is 0.922. The molecule has 2 heterocycles. The van der Waals surface area contributed by atoms with Crippen LogP contribution in [0.2, 0.25) is 0 Å². The smallest absolute Gasteiger partial charge is 0.110 e. The van der Waals surface area contributed by atoms with Gasteiger partial charge in [0, 0.05) is 37.1 Å². The molecule has 1 N–H and O–H groups in total. The van der Waals surface area contributed by atoms with Crippen molar-refractivity contribution in [3.05, 3.63) is 57.8 Å². The van der Waals surface area contributed by atoms with Crippen molar-refractivity contribution in [1.29, 1.82) is 5.26 Å². The summed E-state index contributed by atoms with van der Waals surface area (Å²) in [5, 5.41) is 12.4. The Bertz CT molecular complexity index is 614. The molecule has 0 bridgehead atoms. The molecule has 0 saturated carbocycles. The van der Waals surface area contributed by atoms with Gasteiger partial charge in [0.25, 0.3) is 0 Å². The number of nitrogens with zero attached hydrogens (tertiary/aromatic N) is 2. The second kappa shape index (κ2) is 6.86. The summed E-state index contributed by atoms with van der Waals surface area (Å²) < 4.78 is 0. The molecule has 1 aliphatic heterocycles. The second-order valence-corrected chi connectivity index (χ2v) is 6.63. The molecule has 1 aromatic heterocycles. The van der Waals surface area contributed by atoms with Crippen LogP contribution in [0.4, 0.5) is 0 Å². The molecule has 21 heavy (non-hydrogen) atoms. The van der Waals surface area contributed by atoms with Gasteiger partial charge in [-0.05, 0) is 24.1 Å². The predicted molar refractivity (Wildman–Crippen MR) is 86.0 cm³/mol. The minimum Gasteiger partial charge on any atom is -0.308 e. The molecule has 0 spiro atoms. The molecule has 3 rings (SSSR count). The molecule has 1 unspecified atom stereocenters. The zero-order valence-corrected chi connectivity index (χ0v) is 12.8. The lowest BCUT2D eigenvalue weighted by atomic mass is 10.2. The number of nitriles is 1. The van der Waals surface area contributed by atoms with Gasteiger partial charge < -0.3 is 5.32 Å². The highest BCUT2D eigenvalue weighted by atomic mass is 32.1. The third-order valence-corrected chi connectivity index (χ3v) is 4.85. The summed E-state index contributed by atoms with van der Waals surface area (Å²) in [6.07, 6.45) is 1.20. The molecule has 0 amide bonds. The molecule has 1 fully saturated rings. The molecule has 2 aromatic rings. The highest BCUT2D eigenvalue weighted by Gasteiger charge is 2.21. The molecule has 1 aromatic carbocycles. The van der Waals surface area contributed by atoms with Gasteiger partial charge in [-0.15, -0.1) is 11.3 Å². The summed E-state index contributed by atoms with van der Waals surface area (Å²) in [6.45, 7) is 4.17. The Hall–Kier alpha value is -1.67. The van der Waals surface area contributed by atoms with E-state index in [4.69, 9.17) is 5.26 Å². The van der Waals surface area contributed by atoms with E-state index in [1.54, 1.807) is 11.3 Å². The van der Waals surface area contributed by atoms with E-state index in [2.05, 4.69) is 46.6 Å². The first-order chi connectivity index (χ1) is 10.3. The number of nitrogens with one attached hydrogen (secondary N) is 1. The fourth-order valence-electron chi connectivity index (χ4n) is 2.76. The average molecular weight is 297 g/mol. The first-order valence-corrected chi connectivity index (χ1v) is 8.13. The third-order valence-electron chi connectivity index (χ3n) is 3.86. The number of likely N-dealkylation sites (tertiary alicyclic amines) is 1.